The number of aliphatic hydroxyl groups excluding tert-OH is 1. The highest BCUT2D eigenvalue weighted by Crippen LogP contribution is 2.40. The Morgan fingerprint density at radius 3 is 2.79 bits per heavy atom. The van der Waals surface area contributed by atoms with Gasteiger partial charge in [0, 0.05) is 0 Å². The molecule has 0 saturated heterocycles. The van der Waals surface area contributed by atoms with Crippen molar-refractivity contribution < 1.29 is 9.50 Å². The average Bonchev–Trinajstić information content (AvgIpc) is 2.39. The first-order chi connectivity index (χ1) is 9.15. The molecule has 0 heterocycles. The van der Waals surface area contributed by atoms with Crippen LogP contribution in [-0.2, 0) is 6.42 Å². The van der Waals surface area contributed by atoms with Crippen molar-refractivity contribution in [3.05, 3.63) is 69.4 Å². The summed E-state index contributed by atoms with van der Waals surface area (Å²) in [4.78, 5) is 0. The lowest BCUT2D eigenvalue weighted by Gasteiger charge is -2.31. The molecular formula is C16H14BrFO. The fourth-order valence-corrected chi connectivity index (χ4v) is 3.09. The second kappa shape index (κ2) is 5.06. The van der Waals surface area contributed by atoms with Crippen LogP contribution in [0.1, 0.15) is 35.1 Å². The van der Waals surface area contributed by atoms with Gasteiger partial charge in [-0.2, -0.15) is 0 Å². The molecular weight excluding hydrogens is 307 g/mol. The second-order valence-corrected chi connectivity index (χ2v) is 5.88. The topological polar surface area (TPSA) is 20.2 Å². The van der Waals surface area contributed by atoms with Crippen LogP contribution in [-0.4, -0.2) is 5.11 Å². The molecule has 2 aromatic carbocycles. The van der Waals surface area contributed by atoms with Gasteiger partial charge in [-0.3, -0.25) is 0 Å². The molecule has 0 aromatic heterocycles. The molecule has 98 valence electrons. The molecule has 0 amide bonds. The van der Waals surface area contributed by atoms with Crippen LogP contribution in [0, 0.1) is 5.82 Å². The zero-order valence-electron chi connectivity index (χ0n) is 10.3. The maximum absolute atomic E-state index is 13.2. The monoisotopic (exact) mass is 320 g/mol. The first kappa shape index (κ1) is 12.8. The van der Waals surface area contributed by atoms with Crippen LogP contribution in [0.2, 0.25) is 0 Å². The van der Waals surface area contributed by atoms with Gasteiger partial charge in [-0.25, -0.2) is 4.39 Å². The van der Waals surface area contributed by atoms with Gasteiger partial charge in [-0.15, -0.1) is 0 Å². The number of hydrogen-bond donors (Lipinski definition) is 1. The maximum Gasteiger partial charge on any atom is 0.137 e. The summed E-state index contributed by atoms with van der Waals surface area (Å²) in [6, 6.07) is 13.0. The zero-order valence-corrected chi connectivity index (χ0v) is 11.9. The van der Waals surface area contributed by atoms with Crippen molar-refractivity contribution in [3.8, 4) is 0 Å². The molecule has 0 bridgehead atoms. The maximum atomic E-state index is 13.2. The van der Waals surface area contributed by atoms with E-state index in [-0.39, 0.29) is 5.82 Å². The van der Waals surface area contributed by atoms with Gasteiger partial charge in [0.1, 0.15) is 5.82 Å². The zero-order chi connectivity index (χ0) is 13.4. The van der Waals surface area contributed by atoms with Gasteiger partial charge < -0.3 is 5.11 Å². The average molecular weight is 321 g/mol. The Kier molecular flexibility index (Phi) is 3.42. The highest BCUT2D eigenvalue weighted by Gasteiger charge is 2.27. The molecule has 1 nitrogen and oxygen atoms in total. The first-order valence-electron chi connectivity index (χ1n) is 6.36. The molecule has 1 N–H and O–H groups in total. The molecule has 0 fully saturated rings. The summed E-state index contributed by atoms with van der Waals surface area (Å²) in [6.45, 7) is 0. The Hall–Kier alpha value is -1.19. The summed E-state index contributed by atoms with van der Waals surface area (Å²) in [5.74, 6) is 0.111. The second-order valence-electron chi connectivity index (χ2n) is 5.02. The molecule has 2 unspecified atom stereocenters. The largest absolute Gasteiger partial charge is 0.388 e. The van der Waals surface area contributed by atoms with E-state index in [4.69, 9.17) is 0 Å². The minimum atomic E-state index is -0.546. The van der Waals surface area contributed by atoms with Gasteiger partial charge in [0.2, 0.25) is 0 Å². The van der Waals surface area contributed by atoms with Crippen LogP contribution in [0.25, 0.3) is 0 Å². The van der Waals surface area contributed by atoms with E-state index < -0.39 is 6.10 Å². The van der Waals surface area contributed by atoms with Crippen LogP contribution in [0.15, 0.2) is 46.9 Å². The number of benzene rings is 2. The number of rotatable bonds is 3. The molecule has 2 aromatic rings. The van der Waals surface area contributed by atoms with Crippen LogP contribution in [0.4, 0.5) is 4.39 Å². The molecule has 1 aliphatic carbocycles. The lowest BCUT2D eigenvalue weighted by atomic mass is 9.74. The summed E-state index contributed by atoms with van der Waals surface area (Å²) in [7, 11) is 0. The van der Waals surface area contributed by atoms with Crippen molar-refractivity contribution >= 4 is 15.9 Å². The summed E-state index contributed by atoms with van der Waals surface area (Å²) in [6.07, 6.45) is 1.17. The lowest BCUT2D eigenvalue weighted by Crippen LogP contribution is -2.19. The third kappa shape index (κ3) is 2.45. The van der Waals surface area contributed by atoms with Crippen LogP contribution in [0.3, 0.4) is 0 Å². The van der Waals surface area contributed by atoms with Crippen LogP contribution in [0.5, 0.6) is 0 Å². The number of halogens is 2. The SMILES string of the molecule is OC(CC1Cc2ccccc21)c1ccc(F)c(Br)c1. The Balaban J connectivity index is 1.73. The van der Waals surface area contributed by atoms with Crippen molar-refractivity contribution in [2.75, 3.05) is 0 Å². The van der Waals surface area contributed by atoms with Gasteiger partial charge in [0.25, 0.3) is 0 Å². The Morgan fingerprint density at radius 2 is 2.05 bits per heavy atom. The van der Waals surface area contributed by atoms with Crippen molar-refractivity contribution in [2.24, 2.45) is 0 Å². The quantitative estimate of drug-likeness (QED) is 0.891. The van der Waals surface area contributed by atoms with E-state index in [0.717, 1.165) is 12.0 Å². The molecule has 2 atom stereocenters. The Morgan fingerprint density at radius 1 is 1.26 bits per heavy atom. The van der Waals surface area contributed by atoms with E-state index in [1.807, 2.05) is 12.1 Å². The standard InChI is InChI=1S/C16H14BrFO/c17-14-8-11(5-6-15(14)18)16(19)9-12-7-10-3-1-2-4-13(10)12/h1-6,8,12,16,19H,7,9H2. The summed E-state index contributed by atoms with van der Waals surface area (Å²) in [5.41, 5.74) is 3.47. The fraction of sp³-hybridized carbons (Fsp3) is 0.250. The minimum absolute atomic E-state index is 0.301. The summed E-state index contributed by atoms with van der Waals surface area (Å²) >= 11 is 3.15. The van der Waals surface area contributed by atoms with E-state index in [9.17, 15) is 9.50 Å². The number of hydrogen-bond acceptors (Lipinski definition) is 1. The normalized spacial score (nSPS) is 18.6. The van der Waals surface area contributed by atoms with Crippen molar-refractivity contribution in [1.29, 1.82) is 0 Å². The van der Waals surface area contributed by atoms with E-state index in [0.29, 0.717) is 16.8 Å². The van der Waals surface area contributed by atoms with E-state index >= 15 is 0 Å². The molecule has 0 saturated carbocycles. The minimum Gasteiger partial charge on any atom is -0.388 e. The van der Waals surface area contributed by atoms with E-state index in [1.165, 1.54) is 17.2 Å². The summed E-state index contributed by atoms with van der Waals surface area (Å²) in [5, 5.41) is 10.3. The Bertz CT molecular complexity index is 611. The van der Waals surface area contributed by atoms with Crippen LogP contribution < -0.4 is 0 Å². The lowest BCUT2D eigenvalue weighted by molar-refractivity contribution is 0.153. The Labute approximate surface area is 120 Å². The van der Waals surface area contributed by atoms with Gasteiger partial charge in [0.05, 0.1) is 10.6 Å². The predicted octanol–water partition coefficient (Wildman–Crippen LogP) is 4.35. The predicted molar refractivity (Wildman–Crippen MR) is 76.6 cm³/mol. The molecule has 3 rings (SSSR count). The van der Waals surface area contributed by atoms with Crippen LogP contribution >= 0.6 is 15.9 Å². The van der Waals surface area contributed by atoms with E-state index in [1.54, 1.807) is 12.1 Å². The number of fused-ring (bicyclic) bond motifs is 1. The molecule has 0 radical (unpaired) electrons. The van der Waals surface area contributed by atoms with Crippen molar-refractivity contribution in [1.82, 2.24) is 0 Å². The molecule has 1 aliphatic rings. The van der Waals surface area contributed by atoms with E-state index in [2.05, 4.69) is 28.1 Å². The highest BCUT2D eigenvalue weighted by atomic mass is 79.9. The van der Waals surface area contributed by atoms with Gasteiger partial charge in [-0.05, 0) is 63.5 Å². The third-order valence-corrected chi connectivity index (χ3v) is 4.41. The molecule has 0 spiro atoms. The van der Waals surface area contributed by atoms with Gasteiger partial charge in [0.15, 0.2) is 0 Å². The van der Waals surface area contributed by atoms with Crippen molar-refractivity contribution in [3.63, 3.8) is 0 Å². The molecule has 19 heavy (non-hydrogen) atoms. The summed E-state index contributed by atoms with van der Waals surface area (Å²) < 4.78 is 13.6. The van der Waals surface area contributed by atoms with Crippen molar-refractivity contribution in [2.45, 2.75) is 24.9 Å². The molecule has 3 heteroatoms. The first-order valence-corrected chi connectivity index (χ1v) is 7.15. The fourth-order valence-electron chi connectivity index (χ4n) is 2.70. The van der Waals surface area contributed by atoms with Gasteiger partial charge in [-0.1, -0.05) is 30.3 Å². The third-order valence-electron chi connectivity index (χ3n) is 3.80. The number of aliphatic hydroxyl groups is 1. The van der Waals surface area contributed by atoms with Gasteiger partial charge >= 0.3 is 0 Å². The molecule has 0 aliphatic heterocycles. The highest BCUT2D eigenvalue weighted by molar-refractivity contribution is 9.10. The smallest absolute Gasteiger partial charge is 0.137 e.